The largest absolute Gasteiger partial charge is 0.484 e. The Morgan fingerprint density at radius 3 is 2.71 bits per heavy atom. The van der Waals surface area contributed by atoms with E-state index in [2.05, 4.69) is 15.6 Å². The van der Waals surface area contributed by atoms with Crippen molar-refractivity contribution in [1.29, 1.82) is 0 Å². The van der Waals surface area contributed by atoms with Crippen LogP contribution < -0.4 is 26.0 Å². The van der Waals surface area contributed by atoms with E-state index in [1.165, 1.54) is 18.2 Å². The van der Waals surface area contributed by atoms with Gasteiger partial charge in [0.05, 0.1) is 6.54 Å². The van der Waals surface area contributed by atoms with E-state index in [0.717, 1.165) is 12.0 Å². The maximum Gasteiger partial charge on any atom is 0.255 e. The number of nitrogens with two attached hydrogens (primary N) is 1. The second-order valence-corrected chi connectivity index (χ2v) is 7.24. The third-order valence-corrected chi connectivity index (χ3v) is 4.83. The number of para-hydroxylation sites is 1. The highest BCUT2D eigenvalue weighted by Crippen LogP contribution is 2.26. The van der Waals surface area contributed by atoms with Crippen LogP contribution in [0.3, 0.4) is 0 Å². The summed E-state index contributed by atoms with van der Waals surface area (Å²) in [7, 11) is 0. The maximum absolute atomic E-state index is 14.1. The van der Waals surface area contributed by atoms with Gasteiger partial charge >= 0.3 is 0 Å². The SMILES string of the molecule is CCNC(=NCc1cccc(OCC(N)=O)c1)NC1CCN(c2c(F)cccc2F)C1. The van der Waals surface area contributed by atoms with Gasteiger partial charge in [-0.05, 0) is 43.2 Å². The molecule has 1 aliphatic rings. The van der Waals surface area contributed by atoms with Crippen molar-refractivity contribution in [1.82, 2.24) is 10.6 Å². The van der Waals surface area contributed by atoms with Crippen LogP contribution in [0, 0.1) is 11.6 Å². The van der Waals surface area contributed by atoms with Gasteiger partial charge in [0.1, 0.15) is 23.1 Å². The number of nitrogens with one attached hydrogen (secondary N) is 2. The molecule has 0 bridgehead atoms. The summed E-state index contributed by atoms with van der Waals surface area (Å²) in [4.78, 5) is 17.2. The van der Waals surface area contributed by atoms with E-state index >= 15 is 0 Å². The summed E-state index contributed by atoms with van der Waals surface area (Å²) in [5.41, 5.74) is 6.02. The molecule has 1 saturated heterocycles. The Morgan fingerprint density at radius 2 is 2.00 bits per heavy atom. The van der Waals surface area contributed by atoms with Gasteiger partial charge < -0.3 is 26.0 Å². The molecule has 0 spiro atoms. The number of aliphatic imine (C=N–C) groups is 1. The Balaban J connectivity index is 1.62. The summed E-state index contributed by atoms with van der Waals surface area (Å²) in [6.45, 7) is 3.86. The first kappa shape index (κ1) is 22.3. The predicted molar refractivity (Wildman–Crippen MR) is 116 cm³/mol. The number of guanidine groups is 1. The molecule has 166 valence electrons. The molecule has 9 heteroatoms. The number of carbonyl (C=O) groups excluding carboxylic acids is 1. The Kier molecular flexibility index (Phi) is 7.64. The van der Waals surface area contributed by atoms with Gasteiger partial charge in [-0.15, -0.1) is 0 Å². The minimum absolute atomic E-state index is 0.00189. The molecule has 2 aromatic carbocycles. The summed E-state index contributed by atoms with van der Waals surface area (Å²) in [6.07, 6.45) is 0.731. The fourth-order valence-electron chi connectivity index (χ4n) is 3.44. The second-order valence-electron chi connectivity index (χ2n) is 7.24. The Bertz CT molecular complexity index is 918. The molecule has 0 radical (unpaired) electrons. The van der Waals surface area contributed by atoms with Crippen LogP contribution in [0.4, 0.5) is 14.5 Å². The first-order valence-corrected chi connectivity index (χ1v) is 10.2. The van der Waals surface area contributed by atoms with Gasteiger partial charge in [0.15, 0.2) is 12.6 Å². The minimum atomic E-state index is -0.556. The van der Waals surface area contributed by atoms with Crippen molar-refractivity contribution in [3.05, 3.63) is 59.7 Å². The van der Waals surface area contributed by atoms with Gasteiger partial charge in [-0.1, -0.05) is 18.2 Å². The summed E-state index contributed by atoms with van der Waals surface area (Å²) in [6, 6.07) is 11.2. The van der Waals surface area contributed by atoms with Gasteiger partial charge in [0.2, 0.25) is 0 Å². The van der Waals surface area contributed by atoms with E-state index in [1.54, 1.807) is 17.0 Å². The molecule has 0 aromatic heterocycles. The van der Waals surface area contributed by atoms with Gasteiger partial charge in [0, 0.05) is 25.7 Å². The number of hydrogen-bond donors (Lipinski definition) is 3. The number of primary amides is 1. The highest BCUT2D eigenvalue weighted by atomic mass is 19.1. The number of carbonyl (C=O) groups is 1. The van der Waals surface area contributed by atoms with E-state index in [4.69, 9.17) is 10.5 Å². The summed E-state index contributed by atoms with van der Waals surface area (Å²) >= 11 is 0. The zero-order chi connectivity index (χ0) is 22.2. The number of nitrogens with zero attached hydrogens (tertiary/aromatic N) is 2. The maximum atomic E-state index is 14.1. The van der Waals surface area contributed by atoms with Crippen LogP contribution in [0.5, 0.6) is 5.75 Å². The van der Waals surface area contributed by atoms with Crippen LogP contribution in [-0.2, 0) is 11.3 Å². The lowest BCUT2D eigenvalue weighted by atomic mass is 10.2. The Hall–Kier alpha value is -3.36. The molecule has 1 heterocycles. The fraction of sp³-hybridized carbons (Fsp3) is 0.364. The average Bonchev–Trinajstić information content (AvgIpc) is 3.19. The monoisotopic (exact) mass is 431 g/mol. The molecular weight excluding hydrogens is 404 g/mol. The van der Waals surface area contributed by atoms with E-state index < -0.39 is 17.5 Å². The fourth-order valence-corrected chi connectivity index (χ4v) is 3.44. The lowest BCUT2D eigenvalue weighted by molar-refractivity contribution is -0.119. The molecule has 7 nitrogen and oxygen atoms in total. The molecule has 1 atom stereocenters. The summed E-state index contributed by atoms with van der Waals surface area (Å²) in [5.74, 6) is -0.489. The topological polar surface area (TPSA) is 92.0 Å². The normalized spacial score (nSPS) is 16.3. The van der Waals surface area contributed by atoms with Gasteiger partial charge in [-0.3, -0.25) is 4.79 Å². The second kappa shape index (κ2) is 10.6. The standard InChI is InChI=1S/C22H27F2N5O2/c1-2-26-22(27-12-15-5-3-6-17(11-15)31-14-20(25)30)28-16-9-10-29(13-16)21-18(23)7-4-8-19(21)24/h3-8,11,16H,2,9-10,12-14H2,1H3,(H2,25,30)(H2,26,27,28). The van der Waals surface area contributed by atoms with Crippen molar-refractivity contribution >= 4 is 17.6 Å². The van der Waals surface area contributed by atoms with E-state index in [0.29, 0.717) is 37.9 Å². The third kappa shape index (κ3) is 6.31. The first-order chi connectivity index (χ1) is 15.0. The van der Waals surface area contributed by atoms with Crippen molar-refractivity contribution < 1.29 is 18.3 Å². The third-order valence-electron chi connectivity index (χ3n) is 4.83. The van der Waals surface area contributed by atoms with Gasteiger partial charge in [0.25, 0.3) is 5.91 Å². The van der Waals surface area contributed by atoms with Crippen LogP contribution in [0.2, 0.25) is 0 Å². The van der Waals surface area contributed by atoms with E-state index in [9.17, 15) is 13.6 Å². The molecule has 0 aliphatic carbocycles. The van der Waals surface area contributed by atoms with Crippen LogP contribution >= 0.6 is 0 Å². The zero-order valence-electron chi connectivity index (χ0n) is 17.4. The molecule has 0 saturated carbocycles. The lowest BCUT2D eigenvalue weighted by Gasteiger charge is -2.21. The molecule has 2 aromatic rings. The van der Waals surface area contributed by atoms with Crippen LogP contribution in [0.15, 0.2) is 47.5 Å². The highest BCUT2D eigenvalue weighted by Gasteiger charge is 2.27. The molecule has 1 aliphatic heterocycles. The number of halogens is 2. The predicted octanol–water partition coefficient (Wildman–Crippen LogP) is 2.16. The van der Waals surface area contributed by atoms with Gasteiger partial charge in [-0.25, -0.2) is 13.8 Å². The van der Waals surface area contributed by atoms with Crippen molar-refractivity contribution in [2.24, 2.45) is 10.7 Å². The highest BCUT2D eigenvalue weighted by molar-refractivity contribution is 5.80. The molecule has 3 rings (SSSR count). The number of rotatable bonds is 8. The number of ether oxygens (including phenoxy) is 1. The van der Waals surface area contributed by atoms with E-state index in [1.807, 2.05) is 19.1 Å². The summed E-state index contributed by atoms with van der Waals surface area (Å²) in [5, 5.41) is 6.53. The van der Waals surface area contributed by atoms with Crippen molar-refractivity contribution in [2.75, 3.05) is 31.1 Å². The first-order valence-electron chi connectivity index (χ1n) is 10.2. The van der Waals surface area contributed by atoms with E-state index in [-0.39, 0.29) is 18.3 Å². The number of benzene rings is 2. The van der Waals surface area contributed by atoms with Gasteiger partial charge in [-0.2, -0.15) is 0 Å². The molecule has 1 unspecified atom stereocenters. The van der Waals surface area contributed by atoms with Crippen molar-refractivity contribution in [2.45, 2.75) is 25.9 Å². The lowest BCUT2D eigenvalue weighted by Crippen LogP contribution is -2.44. The Labute approximate surface area is 180 Å². The molecular formula is C22H27F2N5O2. The number of anilines is 1. The smallest absolute Gasteiger partial charge is 0.255 e. The number of amides is 1. The number of hydrogen-bond acceptors (Lipinski definition) is 4. The molecule has 31 heavy (non-hydrogen) atoms. The average molecular weight is 431 g/mol. The van der Waals surface area contributed by atoms with Crippen LogP contribution in [0.1, 0.15) is 18.9 Å². The molecule has 1 amide bonds. The van der Waals surface area contributed by atoms with Crippen LogP contribution in [-0.4, -0.2) is 44.1 Å². The molecule has 4 N–H and O–H groups in total. The Morgan fingerprint density at radius 1 is 1.26 bits per heavy atom. The molecule has 1 fully saturated rings. The van der Waals surface area contributed by atoms with Crippen LogP contribution in [0.25, 0.3) is 0 Å². The minimum Gasteiger partial charge on any atom is -0.484 e. The summed E-state index contributed by atoms with van der Waals surface area (Å²) < 4.78 is 33.5. The van der Waals surface area contributed by atoms with Crippen molar-refractivity contribution in [3.8, 4) is 5.75 Å². The van der Waals surface area contributed by atoms with Crippen molar-refractivity contribution in [3.63, 3.8) is 0 Å². The zero-order valence-corrected chi connectivity index (χ0v) is 17.4. The quantitative estimate of drug-likeness (QED) is 0.440.